The van der Waals surface area contributed by atoms with Gasteiger partial charge in [-0.15, -0.1) is 5.53 Å². The standard InChI is InChI=1S/C28H28BClFN9/c1-39-11-9-20(37-39)8-10-33-26-17(14-32)15-34-27-23(26)12-21(13-24(27)30)35-28(29,18-2-4-19(31)5-3-18)25-16-40(38-36-25)22-6-7-22/h2-5,9,11-13,15-16,22,35-36,38H,6-8,10,29H2,1H3,(H,33,34). The Morgan fingerprint density at radius 1 is 1.25 bits per heavy atom. The fourth-order valence-corrected chi connectivity index (χ4v) is 5.29. The quantitative estimate of drug-likeness (QED) is 0.233. The lowest BCUT2D eigenvalue weighted by molar-refractivity contribution is 0.260. The van der Waals surface area contributed by atoms with Crippen LogP contribution in [0.4, 0.5) is 15.8 Å². The predicted molar refractivity (Wildman–Crippen MR) is 156 cm³/mol. The van der Waals surface area contributed by atoms with Gasteiger partial charge in [0.05, 0.1) is 38.6 Å². The Bertz CT molecular complexity index is 1640. The first-order valence-electron chi connectivity index (χ1n) is 13.2. The zero-order valence-corrected chi connectivity index (χ0v) is 22.9. The minimum absolute atomic E-state index is 0.303. The molecule has 1 atom stereocenters. The number of halogens is 2. The number of rotatable bonds is 9. The number of nitrogens with one attached hydrogen (secondary N) is 4. The van der Waals surface area contributed by atoms with Crippen LogP contribution < -0.4 is 21.6 Å². The molecular formula is C28H28BClFN9. The lowest BCUT2D eigenvalue weighted by atomic mass is 9.69. The minimum atomic E-state index is -0.770. The number of nitrogens with zero attached hydrogens (tertiary/aromatic N) is 5. The second-order valence-electron chi connectivity index (χ2n) is 10.3. The van der Waals surface area contributed by atoms with Gasteiger partial charge in [-0.1, -0.05) is 23.7 Å². The van der Waals surface area contributed by atoms with Crippen LogP contribution in [0.3, 0.4) is 0 Å². The van der Waals surface area contributed by atoms with E-state index in [1.54, 1.807) is 23.0 Å². The minimum Gasteiger partial charge on any atom is -0.383 e. The van der Waals surface area contributed by atoms with Crippen molar-refractivity contribution >= 4 is 41.7 Å². The summed E-state index contributed by atoms with van der Waals surface area (Å²) in [7, 11) is 3.92. The number of aryl methyl sites for hydroxylation is 1. The van der Waals surface area contributed by atoms with Crippen LogP contribution in [0.15, 0.2) is 66.8 Å². The monoisotopic (exact) mass is 555 g/mol. The van der Waals surface area contributed by atoms with Crippen LogP contribution in [0.5, 0.6) is 0 Å². The number of benzene rings is 2. The van der Waals surface area contributed by atoms with Crippen LogP contribution in [0.2, 0.25) is 5.02 Å². The van der Waals surface area contributed by atoms with E-state index in [1.165, 1.54) is 12.1 Å². The summed E-state index contributed by atoms with van der Waals surface area (Å²) in [4.78, 5) is 4.48. The smallest absolute Gasteiger partial charge is 0.148 e. The molecule has 3 heterocycles. The fourth-order valence-electron chi connectivity index (χ4n) is 5.02. The lowest BCUT2D eigenvalue weighted by Crippen LogP contribution is -2.45. The van der Waals surface area contributed by atoms with E-state index in [0.717, 1.165) is 40.9 Å². The second kappa shape index (κ2) is 10.4. The Labute approximate surface area is 237 Å². The van der Waals surface area contributed by atoms with E-state index in [-0.39, 0.29) is 5.82 Å². The van der Waals surface area contributed by atoms with Crippen LogP contribution in [0, 0.1) is 17.1 Å². The molecule has 2 aliphatic rings. The average molecular weight is 556 g/mol. The number of fused-ring (bicyclic) bond motifs is 1. The van der Waals surface area contributed by atoms with Gasteiger partial charge in [0, 0.05) is 55.7 Å². The SMILES string of the molecule is BC(Nc1cc(Cl)c2ncc(C#N)c(NCCc3ccn(C)n3)c2c1)(C1=CN(C2CC2)NN1)c1ccc(F)cc1. The molecule has 0 radical (unpaired) electrons. The maximum absolute atomic E-state index is 13.9. The summed E-state index contributed by atoms with van der Waals surface area (Å²) in [6.07, 6.45) is 8.44. The fraction of sp³-hybridized carbons (Fsp3) is 0.250. The number of nitriles is 1. The van der Waals surface area contributed by atoms with E-state index in [9.17, 15) is 9.65 Å². The zero-order chi connectivity index (χ0) is 27.9. The molecule has 4 N–H and O–H groups in total. The molecule has 6 rings (SSSR count). The van der Waals surface area contributed by atoms with Gasteiger partial charge in [-0.25, -0.2) is 4.39 Å². The van der Waals surface area contributed by atoms with E-state index >= 15 is 0 Å². The third-order valence-electron chi connectivity index (χ3n) is 7.38. The van der Waals surface area contributed by atoms with Crippen molar-refractivity contribution in [2.24, 2.45) is 7.05 Å². The highest BCUT2D eigenvalue weighted by molar-refractivity contribution is 6.36. The zero-order valence-electron chi connectivity index (χ0n) is 22.2. The highest BCUT2D eigenvalue weighted by Gasteiger charge is 2.38. The molecule has 0 spiro atoms. The highest BCUT2D eigenvalue weighted by atomic mass is 35.5. The molecular weight excluding hydrogens is 528 g/mol. The first-order valence-corrected chi connectivity index (χ1v) is 13.5. The third kappa shape index (κ3) is 5.03. The van der Waals surface area contributed by atoms with Crippen molar-refractivity contribution in [2.45, 2.75) is 30.7 Å². The third-order valence-corrected chi connectivity index (χ3v) is 7.67. The van der Waals surface area contributed by atoms with Gasteiger partial charge in [0.15, 0.2) is 0 Å². The van der Waals surface area contributed by atoms with Crippen molar-refractivity contribution < 1.29 is 4.39 Å². The molecule has 1 aliphatic heterocycles. The van der Waals surface area contributed by atoms with Gasteiger partial charge in [-0.05, 0) is 48.7 Å². The predicted octanol–water partition coefficient (Wildman–Crippen LogP) is 3.51. The molecule has 0 bridgehead atoms. The molecule has 1 aliphatic carbocycles. The molecule has 1 fully saturated rings. The van der Waals surface area contributed by atoms with Crippen LogP contribution in [-0.2, 0) is 18.9 Å². The van der Waals surface area contributed by atoms with Crippen LogP contribution in [-0.4, -0.2) is 40.2 Å². The molecule has 0 saturated heterocycles. The van der Waals surface area contributed by atoms with Gasteiger partial charge >= 0.3 is 0 Å². The Morgan fingerprint density at radius 3 is 2.75 bits per heavy atom. The second-order valence-corrected chi connectivity index (χ2v) is 10.8. The van der Waals surface area contributed by atoms with E-state index in [0.29, 0.717) is 40.8 Å². The highest BCUT2D eigenvalue weighted by Crippen LogP contribution is 2.38. The van der Waals surface area contributed by atoms with Gasteiger partial charge in [-0.2, -0.15) is 10.4 Å². The van der Waals surface area contributed by atoms with Gasteiger partial charge in [-0.3, -0.25) is 14.7 Å². The van der Waals surface area contributed by atoms with Crippen molar-refractivity contribution in [1.29, 1.82) is 5.26 Å². The maximum Gasteiger partial charge on any atom is 0.148 e. The van der Waals surface area contributed by atoms with Gasteiger partial charge < -0.3 is 16.1 Å². The van der Waals surface area contributed by atoms with Gasteiger partial charge in [0.2, 0.25) is 0 Å². The van der Waals surface area contributed by atoms with Crippen molar-refractivity contribution in [3.8, 4) is 6.07 Å². The Balaban J connectivity index is 1.37. The molecule has 2 aromatic heterocycles. The van der Waals surface area contributed by atoms with Crippen molar-refractivity contribution in [1.82, 2.24) is 30.7 Å². The van der Waals surface area contributed by atoms with Crippen LogP contribution in [0.1, 0.15) is 29.7 Å². The molecule has 12 heteroatoms. The molecule has 40 heavy (non-hydrogen) atoms. The number of aromatic nitrogens is 3. The number of anilines is 2. The number of hydrazine groups is 2. The number of hydrogen-bond donors (Lipinski definition) is 4. The van der Waals surface area contributed by atoms with E-state index in [2.05, 4.69) is 49.0 Å². The van der Waals surface area contributed by atoms with Crippen LogP contribution in [0.25, 0.3) is 10.9 Å². The topological polar surface area (TPSA) is 106 Å². The summed E-state index contributed by atoms with van der Waals surface area (Å²) in [6.45, 7) is 0.576. The summed E-state index contributed by atoms with van der Waals surface area (Å²) < 4.78 is 15.6. The first kappa shape index (κ1) is 26.0. The molecule has 1 saturated carbocycles. The maximum atomic E-state index is 13.9. The Kier molecular flexibility index (Phi) is 6.74. The van der Waals surface area contributed by atoms with Gasteiger partial charge in [0.1, 0.15) is 19.7 Å². The van der Waals surface area contributed by atoms with Crippen molar-refractivity contribution in [3.05, 3.63) is 94.4 Å². The molecule has 2 aromatic carbocycles. The Morgan fingerprint density at radius 2 is 2.05 bits per heavy atom. The molecule has 0 amide bonds. The van der Waals surface area contributed by atoms with Crippen molar-refractivity contribution in [3.63, 3.8) is 0 Å². The molecule has 9 nitrogen and oxygen atoms in total. The van der Waals surface area contributed by atoms with Crippen molar-refractivity contribution in [2.75, 3.05) is 17.2 Å². The number of pyridine rings is 1. The summed E-state index contributed by atoms with van der Waals surface area (Å²) in [6, 6.07) is 14.9. The molecule has 202 valence electrons. The normalized spacial score (nSPS) is 16.2. The van der Waals surface area contributed by atoms with Crippen LogP contribution >= 0.6 is 11.6 Å². The van der Waals surface area contributed by atoms with Gasteiger partial charge in [0.25, 0.3) is 0 Å². The van der Waals surface area contributed by atoms with E-state index in [1.807, 2.05) is 39.3 Å². The van der Waals surface area contributed by atoms with E-state index < -0.39 is 5.44 Å². The summed E-state index contributed by atoms with van der Waals surface area (Å²) in [5, 5.41) is 24.6. The molecule has 4 aromatic rings. The van der Waals surface area contributed by atoms with E-state index in [4.69, 9.17) is 11.6 Å². The number of hydrogen-bond acceptors (Lipinski definition) is 8. The largest absolute Gasteiger partial charge is 0.383 e. The summed E-state index contributed by atoms with van der Waals surface area (Å²) in [5.41, 5.74) is 10.9. The summed E-state index contributed by atoms with van der Waals surface area (Å²) in [5.74, 6) is -0.303. The first-order chi connectivity index (χ1) is 19.3. The molecule has 1 unspecified atom stereocenters. The Hall–Kier alpha value is -4.27. The summed E-state index contributed by atoms with van der Waals surface area (Å²) >= 11 is 6.76. The lowest BCUT2D eigenvalue weighted by Gasteiger charge is -2.34. The average Bonchev–Trinajstić information content (AvgIpc) is 3.51.